The van der Waals surface area contributed by atoms with Gasteiger partial charge in [0.05, 0.1) is 19.9 Å². The summed E-state index contributed by atoms with van der Waals surface area (Å²) in [4.78, 5) is 22.9. The maximum atomic E-state index is 11.6. The van der Waals surface area contributed by atoms with E-state index in [1.165, 1.54) is 26.4 Å². The molecule has 0 aliphatic heterocycles. The van der Waals surface area contributed by atoms with Gasteiger partial charge >= 0.3 is 12.1 Å². The predicted molar refractivity (Wildman–Crippen MR) is 76.7 cm³/mol. The van der Waals surface area contributed by atoms with Gasteiger partial charge in [-0.1, -0.05) is 24.3 Å². The van der Waals surface area contributed by atoms with E-state index in [1.807, 2.05) is 0 Å². The van der Waals surface area contributed by atoms with E-state index in [4.69, 9.17) is 25.8 Å². The van der Waals surface area contributed by atoms with E-state index in [2.05, 4.69) is 11.9 Å². The maximum absolute atomic E-state index is 11.6. The lowest BCUT2D eigenvalue weighted by Crippen LogP contribution is -2.17. The minimum atomic E-state index is -1.32. The number of methoxy groups -OCH3 is 2. The van der Waals surface area contributed by atoms with Crippen molar-refractivity contribution in [1.29, 1.82) is 0 Å². The highest BCUT2D eigenvalue weighted by atomic mass is 35.5. The Morgan fingerprint density at radius 2 is 2.00 bits per heavy atom. The third-order valence-electron chi connectivity index (χ3n) is 2.41. The van der Waals surface area contributed by atoms with Crippen LogP contribution in [0.5, 0.6) is 11.5 Å². The van der Waals surface area contributed by atoms with Crippen LogP contribution in [0.15, 0.2) is 18.7 Å². The summed E-state index contributed by atoms with van der Waals surface area (Å²) in [5.74, 6) is -1.18. The summed E-state index contributed by atoms with van der Waals surface area (Å²) < 4.78 is 14.7. The highest BCUT2D eigenvalue weighted by Gasteiger charge is 2.25. The van der Waals surface area contributed by atoms with Gasteiger partial charge in [0, 0.05) is 6.07 Å². The van der Waals surface area contributed by atoms with Gasteiger partial charge < -0.3 is 19.3 Å². The van der Waals surface area contributed by atoms with Crippen LogP contribution in [0.3, 0.4) is 0 Å². The van der Waals surface area contributed by atoms with E-state index in [-0.39, 0.29) is 34.4 Å². The molecule has 2 N–H and O–H groups in total. The van der Waals surface area contributed by atoms with Crippen LogP contribution < -0.4 is 14.8 Å². The Morgan fingerprint density at radius 3 is 2.48 bits per heavy atom. The van der Waals surface area contributed by atoms with E-state index in [1.54, 1.807) is 0 Å². The second kappa shape index (κ2) is 7.39. The summed E-state index contributed by atoms with van der Waals surface area (Å²) in [5.41, 5.74) is -0.478. The smallest absolute Gasteiger partial charge is 0.412 e. The number of carboxylic acids is 1. The lowest BCUT2D eigenvalue weighted by Gasteiger charge is -2.16. The van der Waals surface area contributed by atoms with Crippen LogP contribution in [-0.2, 0) is 4.74 Å². The van der Waals surface area contributed by atoms with Crippen molar-refractivity contribution >= 4 is 29.4 Å². The molecule has 8 heteroatoms. The fraction of sp³-hybridized carbons (Fsp3) is 0.231. The van der Waals surface area contributed by atoms with Crippen molar-refractivity contribution < 1.29 is 28.9 Å². The van der Waals surface area contributed by atoms with Crippen LogP contribution in [0.25, 0.3) is 0 Å². The zero-order valence-electron chi connectivity index (χ0n) is 11.4. The lowest BCUT2D eigenvalue weighted by atomic mass is 10.1. The molecule has 0 aromatic heterocycles. The van der Waals surface area contributed by atoms with Crippen LogP contribution in [0, 0.1) is 0 Å². The molecule has 21 heavy (non-hydrogen) atoms. The fourth-order valence-electron chi connectivity index (χ4n) is 1.52. The Morgan fingerprint density at radius 1 is 1.38 bits per heavy atom. The lowest BCUT2D eigenvalue weighted by molar-refractivity contribution is 0.0694. The van der Waals surface area contributed by atoms with Gasteiger partial charge in [-0.2, -0.15) is 0 Å². The molecule has 0 spiro atoms. The predicted octanol–water partition coefficient (Wildman–Crippen LogP) is 2.79. The monoisotopic (exact) mass is 315 g/mol. The molecule has 7 nitrogen and oxygen atoms in total. The molecule has 1 rings (SSSR count). The van der Waals surface area contributed by atoms with Crippen LogP contribution in [0.4, 0.5) is 10.5 Å². The molecular weight excluding hydrogens is 302 g/mol. The average Bonchev–Trinajstić information content (AvgIpc) is 2.46. The molecule has 1 amide bonds. The Kier molecular flexibility index (Phi) is 5.86. The SMILES string of the molecule is C=CCOC(=O)Nc1c(Cl)c(OC)cc(OC)c1C(=O)O. The van der Waals surface area contributed by atoms with Crippen LogP contribution >= 0.6 is 11.6 Å². The van der Waals surface area contributed by atoms with Crippen molar-refractivity contribution in [3.05, 3.63) is 29.3 Å². The minimum absolute atomic E-state index is 0.0113. The van der Waals surface area contributed by atoms with Gasteiger partial charge in [-0.3, -0.25) is 5.32 Å². The number of ether oxygens (including phenoxy) is 3. The highest BCUT2D eigenvalue weighted by Crippen LogP contribution is 2.41. The average molecular weight is 316 g/mol. The van der Waals surface area contributed by atoms with Crippen molar-refractivity contribution in [3.63, 3.8) is 0 Å². The second-order valence-corrected chi connectivity index (χ2v) is 4.04. The number of halogens is 1. The van der Waals surface area contributed by atoms with Crippen LogP contribution in [0.2, 0.25) is 5.02 Å². The molecule has 0 bridgehead atoms. The fourth-order valence-corrected chi connectivity index (χ4v) is 1.80. The quantitative estimate of drug-likeness (QED) is 0.784. The van der Waals surface area contributed by atoms with Gasteiger partial charge in [0.15, 0.2) is 0 Å². The van der Waals surface area contributed by atoms with Gasteiger partial charge in [-0.15, -0.1) is 0 Å². The third kappa shape index (κ3) is 3.79. The van der Waals surface area contributed by atoms with Crippen molar-refractivity contribution in [2.75, 3.05) is 26.1 Å². The third-order valence-corrected chi connectivity index (χ3v) is 2.78. The van der Waals surface area contributed by atoms with E-state index >= 15 is 0 Å². The number of carbonyl (C=O) groups excluding carboxylic acids is 1. The summed E-state index contributed by atoms with van der Waals surface area (Å²) in [6, 6.07) is 1.31. The van der Waals surface area contributed by atoms with Gasteiger partial charge in [0.25, 0.3) is 0 Å². The number of nitrogens with one attached hydrogen (secondary N) is 1. The van der Waals surface area contributed by atoms with E-state index in [9.17, 15) is 14.7 Å². The zero-order chi connectivity index (χ0) is 16.0. The van der Waals surface area contributed by atoms with Gasteiger partial charge in [-0.25, -0.2) is 9.59 Å². The molecule has 1 aromatic rings. The molecule has 0 unspecified atom stereocenters. The Bertz CT molecular complexity index is 572. The molecule has 0 aliphatic rings. The Labute approximate surface area is 126 Å². The first-order valence-corrected chi connectivity index (χ1v) is 6.06. The first kappa shape index (κ1) is 16.6. The molecule has 0 saturated heterocycles. The molecule has 0 aliphatic carbocycles. The first-order valence-electron chi connectivity index (χ1n) is 5.68. The van der Waals surface area contributed by atoms with Gasteiger partial charge in [0.2, 0.25) is 0 Å². The normalized spacial score (nSPS) is 9.67. The summed E-state index contributed by atoms with van der Waals surface area (Å²) in [5, 5.41) is 11.5. The molecule has 1 aromatic carbocycles. The highest BCUT2D eigenvalue weighted by molar-refractivity contribution is 6.36. The van der Waals surface area contributed by atoms with E-state index < -0.39 is 12.1 Å². The Hall–Kier alpha value is -2.41. The largest absolute Gasteiger partial charge is 0.496 e. The number of amides is 1. The van der Waals surface area contributed by atoms with E-state index in [0.717, 1.165) is 0 Å². The van der Waals surface area contributed by atoms with Crippen LogP contribution in [-0.4, -0.2) is 38.0 Å². The van der Waals surface area contributed by atoms with Crippen molar-refractivity contribution in [2.45, 2.75) is 0 Å². The number of hydrogen-bond acceptors (Lipinski definition) is 5. The van der Waals surface area contributed by atoms with Crippen molar-refractivity contribution in [2.24, 2.45) is 0 Å². The molecule has 0 fully saturated rings. The Balaban J connectivity index is 3.34. The number of carbonyl (C=O) groups is 2. The standard InChI is InChI=1S/C13H14ClNO6/c1-4-5-21-13(18)15-11-9(12(16)17)7(19-2)6-8(20-3)10(11)14/h4,6H,1,5H2,2-3H3,(H,15,18)(H,16,17). The second-order valence-electron chi connectivity index (χ2n) is 3.66. The first-order chi connectivity index (χ1) is 9.96. The number of benzene rings is 1. The number of hydrogen-bond donors (Lipinski definition) is 2. The number of rotatable bonds is 6. The summed E-state index contributed by atoms with van der Waals surface area (Å²) in [7, 11) is 2.63. The zero-order valence-corrected chi connectivity index (χ0v) is 12.2. The molecular formula is C13H14ClNO6. The van der Waals surface area contributed by atoms with Crippen LogP contribution in [0.1, 0.15) is 10.4 Å². The topological polar surface area (TPSA) is 94.1 Å². The number of aromatic carboxylic acids is 1. The van der Waals surface area contributed by atoms with E-state index in [0.29, 0.717) is 0 Å². The number of anilines is 1. The van der Waals surface area contributed by atoms with Gasteiger partial charge in [-0.05, 0) is 0 Å². The molecule has 0 atom stereocenters. The van der Waals surface area contributed by atoms with Crippen molar-refractivity contribution in [1.82, 2.24) is 0 Å². The molecule has 0 radical (unpaired) electrons. The summed E-state index contributed by atoms with van der Waals surface area (Å²) in [6.45, 7) is 3.36. The van der Waals surface area contributed by atoms with Gasteiger partial charge in [0.1, 0.15) is 28.7 Å². The summed E-state index contributed by atoms with van der Waals surface area (Å²) >= 11 is 6.03. The molecule has 0 saturated carbocycles. The minimum Gasteiger partial charge on any atom is -0.496 e. The molecule has 0 heterocycles. The maximum Gasteiger partial charge on any atom is 0.412 e. The molecule has 114 valence electrons. The summed E-state index contributed by atoms with van der Waals surface area (Å²) in [6.07, 6.45) is 0.487. The number of carboxylic acid groups (broad SMARTS) is 1. The van der Waals surface area contributed by atoms with Crippen molar-refractivity contribution in [3.8, 4) is 11.5 Å².